The largest absolute Gasteiger partial charge is 0.396 e. The van der Waals surface area contributed by atoms with Crippen LogP contribution in [0.5, 0.6) is 0 Å². The van der Waals surface area contributed by atoms with Gasteiger partial charge in [-0.1, -0.05) is 37.6 Å². The molecule has 1 N–H and O–H groups in total. The Morgan fingerprint density at radius 1 is 1.38 bits per heavy atom. The van der Waals surface area contributed by atoms with Crippen LogP contribution in [0.2, 0.25) is 0 Å². The van der Waals surface area contributed by atoms with Gasteiger partial charge in [0, 0.05) is 6.61 Å². The molecule has 1 fully saturated rings. The number of fused-ring (bicyclic) bond motifs is 3. The molecule has 0 aromatic heterocycles. The van der Waals surface area contributed by atoms with Crippen molar-refractivity contribution < 1.29 is 5.11 Å². The van der Waals surface area contributed by atoms with E-state index < -0.39 is 0 Å². The van der Waals surface area contributed by atoms with Gasteiger partial charge in [-0.15, -0.1) is 0 Å². The van der Waals surface area contributed by atoms with E-state index >= 15 is 0 Å². The van der Waals surface area contributed by atoms with Gasteiger partial charge >= 0.3 is 0 Å². The van der Waals surface area contributed by atoms with E-state index in [0.717, 1.165) is 0 Å². The molecule has 0 radical (unpaired) electrons. The molecule has 1 aromatic carbocycles. The van der Waals surface area contributed by atoms with Crippen molar-refractivity contribution in [1.29, 1.82) is 0 Å². The van der Waals surface area contributed by atoms with E-state index in [4.69, 9.17) is 0 Å². The lowest BCUT2D eigenvalue weighted by Crippen LogP contribution is -2.37. The van der Waals surface area contributed by atoms with Crippen molar-refractivity contribution >= 4 is 0 Å². The van der Waals surface area contributed by atoms with E-state index in [1.165, 1.54) is 31.2 Å². The standard InChI is InChI=1S/C15H20O/c1-15(10-16)8-4-7-13-12-6-3-2-5-11(12)9-14(13)15/h2-3,5-6,13-14,16H,4,7-10H2,1H3. The van der Waals surface area contributed by atoms with Gasteiger partial charge < -0.3 is 5.11 Å². The first-order valence-electron chi connectivity index (χ1n) is 6.43. The van der Waals surface area contributed by atoms with E-state index in [-0.39, 0.29) is 5.41 Å². The van der Waals surface area contributed by atoms with E-state index in [0.29, 0.717) is 18.4 Å². The molecule has 1 nitrogen and oxygen atoms in total. The molecule has 86 valence electrons. The Hall–Kier alpha value is -0.820. The zero-order valence-corrected chi connectivity index (χ0v) is 9.95. The normalized spacial score (nSPS) is 36.9. The average Bonchev–Trinajstić information content (AvgIpc) is 2.70. The molecule has 0 saturated heterocycles. The Labute approximate surface area is 97.5 Å². The van der Waals surface area contributed by atoms with Gasteiger partial charge in [0.15, 0.2) is 0 Å². The number of rotatable bonds is 1. The number of hydrogen-bond acceptors (Lipinski definition) is 1. The van der Waals surface area contributed by atoms with Crippen LogP contribution < -0.4 is 0 Å². The van der Waals surface area contributed by atoms with Crippen LogP contribution in [0.1, 0.15) is 43.2 Å². The van der Waals surface area contributed by atoms with Crippen LogP contribution in [-0.2, 0) is 6.42 Å². The minimum atomic E-state index is 0.155. The topological polar surface area (TPSA) is 20.2 Å². The second-order valence-corrected chi connectivity index (χ2v) is 5.82. The van der Waals surface area contributed by atoms with Gasteiger partial charge in [-0.3, -0.25) is 0 Å². The lowest BCUT2D eigenvalue weighted by Gasteiger charge is -2.42. The molecule has 0 bridgehead atoms. The summed E-state index contributed by atoms with van der Waals surface area (Å²) in [6.45, 7) is 2.62. The molecule has 1 aromatic rings. The summed E-state index contributed by atoms with van der Waals surface area (Å²) in [6, 6.07) is 8.87. The van der Waals surface area contributed by atoms with Gasteiger partial charge in [0.25, 0.3) is 0 Å². The highest BCUT2D eigenvalue weighted by atomic mass is 16.3. The molecule has 3 unspecified atom stereocenters. The van der Waals surface area contributed by atoms with Crippen molar-refractivity contribution in [1.82, 2.24) is 0 Å². The maximum absolute atomic E-state index is 9.68. The summed E-state index contributed by atoms with van der Waals surface area (Å²) in [6.07, 6.45) is 4.96. The van der Waals surface area contributed by atoms with Crippen LogP contribution in [-0.4, -0.2) is 11.7 Å². The summed E-state index contributed by atoms with van der Waals surface area (Å²) in [5.74, 6) is 1.38. The molecule has 0 heterocycles. The van der Waals surface area contributed by atoms with Crippen molar-refractivity contribution in [3.05, 3.63) is 35.4 Å². The van der Waals surface area contributed by atoms with Crippen LogP contribution >= 0.6 is 0 Å². The predicted molar refractivity (Wildman–Crippen MR) is 65.4 cm³/mol. The van der Waals surface area contributed by atoms with Crippen LogP contribution in [0, 0.1) is 11.3 Å². The van der Waals surface area contributed by atoms with Crippen LogP contribution in [0.25, 0.3) is 0 Å². The highest BCUT2D eigenvalue weighted by molar-refractivity contribution is 5.37. The van der Waals surface area contributed by atoms with Gasteiger partial charge in [0.1, 0.15) is 0 Å². The lowest BCUT2D eigenvalue weighted by molar-refractivity contribution is 0.0337. The molecule has 2 aliphatic rings. The molecule has 0 amide bonds. The summed E-state index contributed by atoms with van der Waals surface area (Å²) in [5, 5.41) is 9.68. The second kappa shape index (κ2) is 3.59. The Balaban J connectivity index is 2.00. The maximum atomic E-state index is 9.68. The minimum absolute atomic E-state index is 0.155. The highest BCUT2D eigenvalue weighted by Crippen LogP contribution is 2.54. The van der Waals surface area contributed by atoms with Crippen LogP contribution in [0.15, 0.2) is 24.3 Å². The van der Waals surface area contributed by atoms with Crippen molar-refractivity contribution in [3.63, 3.8) is 0 Å². The molecule has 16 heavy (non-hydrogen) atoms. The quantitative estimate of drug-likeness (QED) is 0.764. The van der Waals surface area contributed by atoms with Crippen molar-refractivity contribution in [2.75, 3.05) is 6.61 Å². The molecule has 1 heteroatoms. The van der Waals surface area contributed by atoms with Gasteiger partial charge in [-0.25, -0.2) is 0 Å². The van der Waals surface area contributed by atoms with E-state index in [2.05, 4.69) is 31.2 Å². The van der Waals surface area contributed by atoms with Crippen LogP contribution in [0.4, 0.5) is 0 Å². The summed E-state index contributed by atoms with van der Waals surface area (Å²) < 4.78 is 0. The lowest BCUT2D eigenvalue weighted by atomic mass is 9.63. The first-order valence-corrected chi connectivity index (χ1v) is 6.43. The van der Waals surface area contributed by atoms with Gasteiger partial charge in [0.05, 0.1) is 0 Å². The summed E-state index contributed by atoms with van der Waals surface area (Å²) >= 11 is 0. The van der Waals surface area contributed by atoms with Gasteiger partial charge in [-0.2, -0.15) is 0 Å². The van der Waals surface area contributed by atoms with Crippen molar-refractivity contribution in [2.24, 2.45) is 11.3 Å². The smallest absolute Gasteiger partial charge is 0.0487 e. The third kappa shape index (κ3) is 1.34. The fraction of sp³-hybridized carbons (Fsp3) is 0.600. The highest BCUT2D eigenvalue weighted by Gasteiger charge is 2.46. The number of aliphatic hydroxyl groups excluding tert-OH is 1. The summed E-state index contributed by atoms with van der Waals surface area (Å²) in [4.78, 5) is 0. The third-order valence-electron chi connectivity index (χ3n) is 4.90. The first-order chi connectivity index (χ1) is 7.74. The first kappa shape index (κ1) is 10.3. The zero-order valence-electron chi connectivity index (χ0n) is 9.95. The Kier molecular flexibility index (Phi) is 2.32. The van der Waals surface area contributed by atoms with E-state index in [1.807, 2.05) is 0 Å². The van der Waals surface area contributed by atoms with Gasteiger partial charge in [0.2, 0.25) is 0 Å². The second-order valence-electron chi connectivity index (χ2n) is 5.82. The average molecular weight is 216 g/mol. The zero-order chi connectivity index (χ0) is 11.2. The Morgan fingerprint density at radius 2 is 2.19 bits per heavy atom. The predicted octanol–water partition coefficient (Wildman–Crippen LogP) is 3.13. The number of hydrogen-bond donors (Lipinski definition) is 1. The number of benzene rings is 1. The van der Waals surface area contributed by atoms with E-state index in [9.17, 15) is 5.11 Å². The van der Waals surface area contributed by atoms with Gasteiger partial charge in [-0.05, 0) is 47.6 Å². The molecule has 0 aliphatic heterocycles. The Morgan fingerprint density at radius 3 is 3.00 bits per heavy atom. The summed E-state index contributed by atoms with van der Waals surface area (Å²) in [7, 11) is 0. The van der Waals surface area contributed by atoms with Crippen molar-refractivity contribution in [2.45, 2.75) is 38.5 Å². The minimum Gasteiger partial charge on any atom is -0.396 e. The SMILES string of the molecule is CC1(CO)CCCC2c3ccccc3CC21. The molecule has 2 aliphatic carbocycles. The fourth-order valence-electron chi connectivity index (χ4n) is 3.87. The molecular formula is C15H20O. The summed E-state index contributed by atoms with van der Waals surface area (Å²) in [5.41, 5.74) is 3.24. The third-order valence-corrected chi connectivity index (χ3v) is 4.90. The fourth-order valence-corrected chi connectivity index (χ4v) is 3.87. The molecule has 0 spiro atoms. The Bertz CT molecular complexity index is 398. The molecule has 1 saturated carbocycles. The van der Waals surface area contributed by atoms with E-state index in [1.54, 1.807) is 5.56 Å². The number of aliphatic hydroxyl groups is 1. The monoisotopic (exact) mass is 216 g/mol. The maximum Gasteiger partial charge on any atom is 0.0487 e. The molecule has 3 rings (SSSR count). The van der Waals surface area contributed by atoms with Crippen LogP contribution in [0.3, 0.4) is 0 Å². The van der Waals surface area contributed by atoms with Crippen molar-refractivity contribution in [3.8, 4) is 0 Å². The molecular weight excluding hydrogens is 196 g/mol. The molecule has 3 atom stereocenters.